The average molecular weight is 832 g/mol. The minimum Gasteiger partial charge on any atom is -0.494 e. The molecule has 8 nitrogen and oxygen atoms in total. The summed E-state index contributed by atoms with van der Waals surface area (Å²) >= 11 is 7.07. The molecule has 48 heavy (non-hydrogen) atoms. The van der Waals surface area contributed by atoms with Crippen LogP contribution in [0.5, 0.6) is 11.5 Å². The van der Waals surface area contributed by atoms with E-state index < -0.39 is 6.04 Å². The maximum absolute atomic E-state index is 14.3. The molecular weight excluding hydrogens is 803 g/mol. The minimum atomic E-state index is -0.725. The molecule has 1 N–H and O–H groups in total. The SMILES string of the molecule is CCOc1ccc([C@H]2C(C(=O)Nc3ccccc3)=C(C)N=c3s/c(=C\c4cc(Br)cc(I)c4OCc4ccc(C#N)cc4)c(=O)n32)cc1. The molecule has 0 aliphatic carbocycles. The van der Waals surface area contributed by atoms with E-state index in [-0.39, 0.29) is 18.1 Å². The standard InChI is InChI=1S/C37H28BrIN4O4S/c1-3-46-29-15-13-25(14-16-29)33-32(35(44)42-28-7-5-4-6-8-28)22(2)41-37-43(33)36(45)31(48-37)18-26-17-27(38)19-30(39)34(26)47-21-24-11-9-23(20-40)10-12-24/h4-19,33H,3,21H2,1-2H3,(H,42,44)/b31-18-/t33-/m0/s1. The van der Waals surface area contributed by atoms with Crippen LogP contribution in [0.3, 0.4) is 0 Å². The van der Waals surface area contributed by atoms with E-state index in [0.29, 0.717) is 55.5 Å². The minimum absolute atomic E-state index is 0.275. The molecule has 0 bridgehead atoms. The van der Waals surface area contributed by atoms with Gasteiger partial charge in [-0.3, -0.25) is 14.2 Å². The first kappa shape index (κ1) is 33.4. The van der Waals surface area contributed by atoms with Gasteiger partial charge < -0.3 is 14.8 Å². The third kappa shape index (κ3) is 7.16. The van der Waals surface area contributed by atoms with Gasteiger partial charge in [0.25, 0.3) is 11.5 Å². The summed E-state index contributed by atoms with van der Waals surface area (Å²) in [4.78, 5) is 33.5. The Balaban J connectivity index is 1.44. The molecule has 1 atom stereocenters. The van der Waals surface area contributed by atoms with E-state index in [2.05, 4.69) is 49.9 Å². The second-order valence-electron chi connectivity index (χ2n) is 10.8. The smallest absolute Gasteiger partial charge is 0.271 e. The molecule has 1 aromatic heterocycles. The van der Waals surface area contributed by atoms with Crippen molar-refractivity contribution in [2.45, 2.75) is 26.5 Å². The van der Waals surface area contributed by atoms with E-state index in [1.165, 1.54) is 11.3 Å². The zero-order chi connectivity index (χ0) is 33.8. The van der Waals surface area contributed by atoms with Crippen molar-refractivity contribution in [3.05, 3.63) is 152 Å². The average Bonchev–Trinajstić information content (AvgIpc) is 3.38. The molecule has 5 aromatic rings. The second kappa shape index (κ2) is 14.7. The summed E-state index contributed by atoms with van der Waals surface area (Å²) in [7, 11) is 0. The number of para-hydroxylation sites is 1. The number of ether oxygens (including phenoxy) is 2. The lowest BCUT2D eigenvalue weighted by molar-refractivity contribution is -0.113. The molecule has 11 heteroatoms. The zero-order valence-electron chi connectivity index (χ0n) is 25.9. The van der Waals surface area contributed by atoms with Crippen molar-refractivity contribution in [3.8, 4) is 17.6 Å². The van der Waals surface area contributed by atoms with E-state index in [1.807, 2.05) is 91.9 Å². The Kier molecular flexibility index (Phi) is 10.2. The third-order valence-electron chi connectivity index (χ3n) is 7.59. The summed E-state index contributed by atoms with van der Waals surface area (Å²) in [5.74, 6) is 0.981. The Morgan fingerprint density at radius 1 is 1.08 bits per heavy atom. The van der Waals surface area contributed by atoms with Crippen LogP contribution < -0.4 is 29.7 Å². The molecule has 0 saturated heterocycles. The summed E-state index contributed by atoms with van der Waals surface area (Å²) in [6.07, 6.45) is 1.81. The van der Waals surface area contributed by atoms with Crippen LogP contribution in [0.1, 0.15) is 42.1 Å². The second-order valence-corrected chi connectivity index (χ2v) is 13.9. The highest BCUT2D eigenvalue weighted by Gasteiger charge is 2.32. The van der Waals surface area contributed by atoms with Crippen molar-refractivity contribution in [2.75, 3.05) is 11.9 Å². The number of nitriles is 1. The zero-order valence-corrected chi connectivity index (χ0v) is 30.4. The first-order valence-corrected chi connectivity index (χ1v) is 17.7. The third-order valence-corrected chi connectivity index (χ3v) is 9.84. The van der Waals surface area contributed by atoms with Gasteiger partial charge in [0.15, 0.2) is 4.80 Å². The van der Waals surface area contributed by atoms with Crippen LogP contribution in [0.15, 0.2) is 117 Å². The lowest BCUT2D eigenvalue weighted by Crippen LogP contribution is -2.40. The van der Waals surface area contributed by atoms with Crippen LogP contribution in [0.25, 0.3) is 6.08 Å². The van der Waals surface area contributed by atoms with Crippen LogP contribution in [-0.2, 0) is 11.4 Å². The predicted octanol–water partition coefficient (Wildman–Crippen LogP) is 7.09. The Bertz CT molecular complexity index is 2260. The van der Waals surface area contributed by atoms with Gasteiger partial charge in [0.2, 0.25) is 0 Å². The fourth-order valence-electron chi connectivity index (χ4n) is 5.37. The van der Waals surface area contributed by atoms with E-state index >= 15 is 0 Å². The van der Waals surface area contributed by atoms with Crippen LogP contribution in [0, 0.1) is 14.9 Å². The molecule has 0 fully saturated rings. The molecular formula is C37H28BrIN4O4S. The molecule has 0 unspecified atom stereocenters. The quantitative estimate of drug-likeness (QED) is 0.160. The highest BCUT2D eigenvalue weighted by atomic mass is 127. The number of halogens is 2. The first-order chi connectivity index (χ1) is 23.2. The summed E-state index contributed by atoms with van der Waals surface area (Å²) in [6, 6.07) is 29.1. The lowest BCUT2D eigenvalue weighted by Gasteiger charge is -2.25. The Hall–Kier alpha value is -4.51. The number of aromatic nitrogens is 1. The molecule has 1 amide bonds. The van der Waals surface area contributed by atoms with Crippen molar-refractivity contribution >= 4 is 67.5 Å². The van der Waals surface area contributed by atoms with Crippen LogP contribution in [0.2, 0.25) is 0 Å². The number of hydrogen-bond acceptors (Lipinski definition) is 7. The molecule has 0 saturated carbocycles. The number of fused-ring (bicyclic) bond motifs is 1. The van der Waals surface area contributed by atoms with Crippen molar-refractivity contribution < 1.29 is 14.3 Å². The molecule has 2 heterocycles. The number of anilines is 1. The molecule has 1 aliphatic heterocycles. The van der Waals surface area contributed by atoms with Gasteiger partial charge >= 0.3 is 0 Å². The summed E-state index contributed by atoms with van der Waals surface area (Å²) in [5, 5.41) is 12.1. The monoisotopic (exact) mass is 830 g/mol. The topological polar surface area (TPSA) is 106 Å². The van der Waals surface area contributed by atoms with Crippen LogP contribution in [-0.4, -0.2) is 17.1 Å². The number of carbonyl (C=O) groups is 1. The Morgan fingerprint density at radius 3 is 2.50 bits per heavy atom. The molecule has 0 radical (unpaired) electrons. The van der Waals surface area contributed by atoms with Crippen molar-refractivity contribution in [1.82, 2.24) is 4.57 Å². The number of benzene rings is 4. The van der Waals surface area contributed by atoms with Gasteiger partial charge in [-0.2, -0.15) is 5.26 Å². The van der Waals surface area contributed by atoms with Gasteiger partial charge in [-0.1, -0.05) is 69.7 Å². The van der Waals surface area contributed by atoms with Crippen LogP contribution in [0.4, 0.5) is 5.69 Å². The van der Waals surface area contributed by atoms with Crippen LogP contribution >= 0.6 is 49.9 Å². The predicted molar refractivity (Wildman–Crippen MR) is 199 cm³/mol. The summed E-state index contributed by atoms with van der Waals surface area (Å²) < 4.78 is 15.7. The number of nitrogens with zero attached hydrogens (tertiary/aromatic N) is 3. The van der Waals surface area contributed by atoms with Gasteiger partial charge in [-0.05, 0) is 102 Å². The number of amides is 1. The van der Waals surface area contributed by atoms with Crippen molar-refractivity contribution in [3.63, 3.8) is 0 Å². The molecule has 240 valence electrons. The first-order valence-electron chi connectivity index (χ1n) is 15.0. The normalized spacial score (nSPS) is 14.1. The fraction of sp³-hybridized carbons (Fsp3) is 0.135. The van der Waals surface area contributed by atoms with Gasteiger partial charge in [0.05, 0.1) is 43.7 Å². The van der Waals surface area contributed by atoms with Crippen molar-refractivity contribution in [1.29, 1.82) is 5.26 Å². The highest BCUT2D eigenvalue weighted by Crippen LogP contribution is 2.33. The van der Waals surface area contributed by atoms with Gasteiger partial charge in [0, 0.05) is 15.7 Å². The largest absolute Gasteiger partial charge is 0.494 e. The molecule has 1 aliphatic rings. The molecule has 6 rings (SSSR count). The van der Waals surface area contributed by atoms with E-state index in [1.54, 1.807) is 23.6 Å². The number of thiazole rings is 1. The van der Waals surface area contributed by atoms with E-state index in [0.717, 1.165) is 19.2 Å². The van der Waals surface area contributed by atoms with Crippen molar-refractivity contribution in [2.24, 2.45) is 4.99 Å². The van der Waals surface area contributed by atoms with Gasteiger partial charge in [0.1, 0.15) is 18.1 Å². The lowest BCUT2D eigenvalue weighted by atomic mass is 9.95. The summed E-state index contributed by atoms with van der Waals surface area (Å²) in [6.45, 7) is 4.51. The summed E-state index contributed by atoms with van der Waals surface area (Å²) in [5.41, 5.74) is 4.22. The highest BCUT2D eigenvalue weighted by molar-refractivity contribution is 14.1. The van der Waals surface area contributed by atoms with E-state index in [4.69, 9.17) is 19.7 Å². The molecule has 4 aromatic carbocycles. The van der Waals surface area contributed by atoms with E-state index in [9.17, 15) is 9.59 Å². The Morgan fingerprint density at radius 2 is 1.81 bits per heavy atom. The number of allylic oxidation sites excluding steroid dienone is 1. The number of hydrogen-bond donors (Lipinski definition) is 1. The number of rotatable bonds is 9. The number of nitrogens with one attached hydrogen (secondary N) is 1. The van der Waals surface area contributed by atoms with Gasteiger partial charge in [-0.25, -0.2) is 4.99 Å². The molecule has 0 spiro atoms. The maximum atomic E-state index is 14.3. The number of carbonyl (C=O) groups excluding carboxylic acids is 1. The van der Waals surface area contributed by atoms with Gasteiger partial charge in [-0.15, -0.1) is 0 Å². The fourth-order valence-corrected chi connectivity index (χ4v) is 8.12. The maximum Gasteiger partial charge on any atom is 0.271 e. The Labute approximate surface area is 303 Å².